The molecule has 2 rings (SSSR count). The van der Waals surface area contributed by atoms with Crippen LogP contribution in [0.5, 0.6) is 0 Å². The summed E-state index contributed by atoms with van der Waals surface area (Å²) in [5.74, 6) is -0.187. The molecule has 0 aromatic rings. The molecule has 2 heterocycles. The molecule has 6 nitrogen and oxygen atoms in total. The molecule has 116 valence electrons. The Bertz CT molecular complexity index is 585. The van der Waals surface area contributed by atoms with Crippen molar-refractivity contribution in [1.29, 1.82) is 10.5 Å². The molecule has 0 bridgehead atoms. The fourth-order valence-electron chi connectivity index (χ4n) is 3.38. The third kappa shape index (κ3) is 2.78. The van der Waals surface area contributed by atoms with Crippen LogP contribution in [0.15, 0.2) is 22.5 Å². The molecule has 0 spiro atoms. The highest BCUT2D eigenvalue weighted by atomic mass is 16.5. The van der Waals surface area contributed by atoms with E-state index in [0.29, 0.717) is 24.2 Å². The highest BCUT2D eigenvalue weighted by molar-refractivity contribution is 5.67. The Morgan fingerprint density at radius 2 is 1.86 bits per heavy atom. The number of methoxy groups -OCH3 is 1. The van der Waals surface area contributed by atoms with Crippen molar-refractivity contribution in [2.45, 2.75) is 26.7 Å². The zero-order chi connectivity index (χ0) is 16.3. The van der Waals surface area contributed by atoms with Crippen molar-refractivity contribution in [3.8, 4) is 12.1 Å². The number of likely N-dealkylation sites (tertiary alicyclic amines) is 1. The van der Waals surface area contributed by atoms with Crippen LogP contribution in [0.4, 0.5) is 4.79 Å². The van der Waals surface area contributed by atoms with E-state index in [4.69, 9.17) is 4.74 Å². The number of nitrogens with one attached hydrogen (secondary N) is 1. The lowest BCUT2D eigenvalue weighted by Crippen LogP contribution is -2.43. The maximum Gasteiger partial charge on any atom is 0.409 e. The maximum atomic E-state index is 11.8. The summed E-state index contributed by atoms with van der Waals surface area (Å²) in [6.07, 6.45) is 1.38. The van der Waals surface area contributed by atoms with E-state index in [1.165, 1.54) is 7.11 Å². The number of piperidine rings is 1. The Kier molecular flexibility index (Phi) is 4.72. The molecule has 2 aliphatic heterocycles. The minimum absolute atomic E-state index is 0.0594. The zero-order valence-corrected chi connectivity index (χ0v) is 13.1. The van der Waals surface area contributed by atoms with Crippen molar-refractivity contribution < 1.29 is 9.53 Å². The minimum Gasteiger partial charge on any atom is -0.453 e. The standard InChI is InChI=1S/C16H20N4O2/c1-10-13(7-17)15(14(8-18)11(2)19-10)12-5-4-6-20(9-12)16(21)22-3/h12,15,19H,4-6,9H2,1-3H3. The molecule has 22 heavy (non-hydrogen) atoms. The number of carbonyl (C=O) groups is 1. The first kappa shape index (κ1) is 15.9. The van der Waals surface area contributed by atoms with Crippen LogP contribution in [-0.2, 0) is 4.74 Å². The van der Waals surface area contributed by atoms with Crippen molar-refractivity contribution in [2.24, 2.45) is 11.8 Å². The molecule has 1 saturated heterocycles. The second-order valence-corrected chi connectivity index (χ2v) is 5.72. The van der Waals surface area contributed by atoms with Gasteiger partial charge in [-0.15, -0.1) is 0 Å². The van der Waals surface area contributed by atoms with Gasteiger partial charge in [0.25, 0.3) is 0 Å². The second kappa shape index (κ2) is 6.53. The SMILES string of the molecule is COC(=O)N1CCCC(C2C(C#N)=C(C)NC(C)=C2C#N)C1. The molecular formula is C16H20N4O2. The molecule has 1 N–H and O–H groups in total. The number of ether oxygens (including phenoxy) is 1. The van der Waals surface area contributed by atoms with E-state index < -0.39 is 0 Å². The molecule has 1 unspecified atom stereocenters. The number of allylic oxidation sites excluding steroid dienone is 4. The largest absolute Gasteiger partial charge is 0.453 e. The van der Waals surface area contributed by atoms with Crippen LogP contribution >= 0.6 is 0 Å². The summed E-state index contributed by atoms with van der Waals surface area (Å²) >= 11 is 0. The molecule has 6 heteroatoms. The van der Waals surface area contributed by atoms with Crippen molar-refractivity contribution >= 4 is 6.09 Å². The normalized spacial score (nSPS) is 22.8. The van der Waals surface area contributed by atoms with Gasteiger partial charge in [0, 0.05) is 30.4 Å². The van der Waals surface area contributed by atoms with Crippen molar-refractivity contribution in [3.63, 3.8) is 0 Å². The number of hydrogen-bond acceptors (Lipinski definition) is 5. The number of rotatable bonds is 1. The smallest absolute Gasteiger partial charge is 0.409 e. The van der Waals surface area contributed by atoms with E-state index in [9.17, 15) is 15.3 Å². The highest BCUT2D eigenvalue weighted by Crippen LogP contribution is 2.38. The summed E-state index contributed by atoms with van der Waals surface area (Å²) in [6.45, 7) is 4.87. The molecule has 1 atom stereocenters. The Morgan fingerprint density at radius 1 is 1.27 bits per heavy atom. The van der Waals surface area contributed by atoms with E-state index >= 15 is 0 Å². The molecule has 0 aromatic heterocycles. The lowest BCUT2D eigenvalue weighted by Gasteiger charge is -2.38. The van der Waals surface area contributed by atoms with Crippen molar-refractivity contribution in [2.75, 3.05) is 20.2 Å². The summed E-state index contributed by atoms with van der Waals surface area (Å²) in [5.41, 5.74) is 2.77. The van der Waals surface area contributed by atoms with Gasteiger partial charge < -0.3 is 15.0 Å². The number of hydrogen-bond donors (Lipinski definition) is 1. The number of nitriles is 2. The van der Waals surface area contributed by atoms with Crippen LogP contribution in [-0.4, -0.2) is 31.2 Å². The van der Waals surface area contributed by atoms with Crippen LogP contribution in [0.1, 0.15) is 26.7 Å². The van der Waals surface area contributed by atoms with Gasteiger partial charge in [0.15, 0.2) is 0 Å². The van der Waals surface area contributed by atoms with E-state index in [0.717, 1.165) is 24.2 Å². The fraction of sp³-hybridized carbons (Fsp3) is 0.562. The number of nitrogens with zero attached hydrogens (tertiary/aromatic N) is 3. The van der Waals surface area contributed by atoms with E-state index in [1.54, 1.807) is 4.90 Å². The van der Waals surface area contributed by atoms with Gasteiger partial charge in [-0.2, -0.15) is 10.5 Å². The molecule has 0 aromatic carbocycles. The van der Waals surface area contributed by atoms with Gasteiger partial charge in [-0.3, -0.25) is 0 Å². The van der Waals surface area contributed by atoms with E-state index in [1.807, 2.05) is 13.8 Å². The monoisotopic (exact) mass is 300 g/mol. The van der Waals surface area contributed by atoms with Gasteiger partial charge >= 0.3 is 6.09 Å². The van der Waals surface area contributed by atoms with Crippen LogP contribution in [0.3, 0.4) is 0 Å². The molecule has 0 aliphatic carbocycles. The number of dihydropyridines is 1. The zero-order valence-electron chi connectivity index (χ0n) is 13.1. The third-order valence-corrected chi connectivity index (χ3v) is 4.41. The third-order valence-electron chi connectivity index (χ3n) is 4.41. The molecule has 2 aliphatic rings. The Morgan fingerprint density at radius 3 is 2.36 bits per heavy atom. The average Bonchev–Trinajstić information content (AvgIpc) is 2.53. The van der Waals surface area contributed by atoms with Crippen LogP contribution in [0.25, 0.3) is 0 Å². The quantitative estimate of drug-likeness (QED) is 0.802. The minimum atomic E-state index is -0.350. The van der Waals surface area contributed by atoms with E-state index in [-0.39, 0.29) is 17.9 Å². The van der Waals surface area contributed by atoms with Crippen molar-refractivity contribution in [1.82, 2.24) is 10.2 Å². The van der Waals surface area contributed by atoms with Gasteiger partial charge in [-0.1, -0.05) is 0 Å². The Hall–Kier alpha value is -2.47. The predicted octanol–water partition coefficient (Wildman–Crippen LogP) is 2.28. The van der Waals surface area contributed by atoms with Crippen molar-refractivity contribution in [3.05, 3.63) is 22.5 Å². The molecule has 1 fully saturated rings. The molecule has 0 saturated carbocycles. The first-order valence-electron chi connectivity index (χ1n) is 7.35. The van der Waals surface area contributed by atoms with Gasteiger partial charge in [-0.05, 0) is 32.6 Å². The summed E-state index contributed by atoms with van der Waals surface area (Å²) in [4.78, 5) is 13.4. The van der Waals surface area contributed by atoms with Crippen LogP contribution in [0.2, 0.25) is 0 Å². The first-order valence-corrected chi connectivity index (χ1v) is 7.35. The highest BCUT2D eigenvalue weighted by Gasteiger charge is 2.37. The summed E-state index contributed by atoms with van der Waals surface area (Å²) in [5, 5.41) is 22.1. The van der Waals surface area contributed by atoms with Gasteiger partial charge in [0.1, 0.15) is 0 Å². The summed E-state index contributed by atoms with van der Waals surface area (Å²) in [7, 11) is 1.37. The lowest BCUT2D eigenvalue weighted by molar-refractivity contribution is 0.0966. The molecule has 0 radical (unpaired) electrons. The second-order valence-electron chi connectivity index (χ2n) is 5.72. The summed E-state index contributed by atoms with van der Waals surface area (Å²) in [6, 6.07) is 4.48. The average molecular weight is 300 g/mol. The van der Waals surface area contributed by atoms with Gasteiger partial charge in [-0.25, -0.2) is 4.79 Å². The topological polar surface area (TPSA) is 89.2 Å². The first-order chi connectivity index (χ1) is 10.5. The Balaban J connectivity index is 2.34. The predicted molar refractivity (Wildman–Crippen MR) is 80.0 cm³/mol. The maximum absolute atomic E-state index is 11.8. The molecule has 1 amide bonds. The number of carbonyl (C=O) groups excluding carboxylic acids is 1. The number of amides is 1. The fourth-order valence-corrected chi connectivity index (χ4v) is 3.38. The van der Waals surface area contributed by atoms with Crippen LogP contribution < -0.4 is 5.32 Å². The van der Waals surface area contributed by atoms with Crippen LogP contribution in [0, 0.1) is 34.5 Å². The van der Waals surface area contributed by atoms with Gasteiger partial charge in [0.2, 0.25) is 0 Å². The summed E-state index contributed by atoms with van der Waals surface area (Å²) < 4.78 is 4.79. The Labute approximate surface area is 130 Å². The van der Waals surface area contributed by atoms with Gasteiger partial charge in [0.05, 0.1) is 30.4 Å². The van der Waals surface area contributed by atoms with E-state index in [2.05, 4.69) is 17.5 Å². The lowest BCUT2D eigenvalue weighted by atomic mass is 9.74. The molecular weight excluding hydrogens is 280 g/mol.